The molecule has 0 radical (unpaired) electrons. The van der Waals surface area contributed by atoms with Gasteiger partial charge in [0.25, 0.3) is 0 Å². The number of nitrogens with one attached hydrogen (secondary N) is 1. The average Bonchev–Trinajstić information content (AvgIpc) is 2.81. The Balaban J connectivity index is 1.63. The van der Waals surface area contributed by atoms with E-state index in [4.69, 9.17) is 14.2 Å². The summed E-state index contributed by atoms with van der Waals surface area (Å²) in [7, 11) is 3.12. The van der Waals surface area contributed by atoms with E-state index in [9.17, 15) is 4.39 Å². The summed E-state index contributed by atoms with van der Waals surface area (Å²) in [6, 6.07) is 9.15. The number of rotatable bonds is 6. The van der Waals surface area contributed by atoms with Gasteiger partial charge in [-0.2, -0.15) is 4.98 Å². The molecule has 0 aliphatic carbocycles. The smallest absolute Gasteiger partial charge is 0.241 e. The Bertz CT molecular complexity index is 1010. The van der Waals surface area contributed by atoms with Gasteiger partial charge >= 0.3 is 0 Å². The fraction of sp³-hybridized carbons (Fsp3) is 0.300. The van der Waals surface area contributed by atoms with Gasteiger partial charge in [0.05, 0.1) is 33.6 Å². The maximum absolute atomic E-state index is 14.4. The van der Waals surface area contributed by atoms with E-state index in [1.807, 2.05) is 29.2 Å². The lowest BCUT2D eigenvalue weighted by atomic mass is 10.1. The highest BCUT2D eigenvalue weighted by molar-refractivity contribution is 5.72. The number of hydrogen-bond acceptors (Lipinski definition) is 9. The van der Waals surface area contributed by atoms with Gasteiger partial charge in [-0.15, -0.1) is 10.2 Å². The molecule has 30 heavy (non-hydrogen) atoms. The zero-order valence-corrected chi connectivity index (χ0v) is 16.6. The molecule has 1 N–H and O–H groups in total. The van der Waals surface area contributed by atoms with Gasteiger partial charge in [-0.05, 0) is 23.8 Å². The van der Waals surface area contributed by atoms with Crippen LogP contribution in [0.1, 0.15) is 0 Å². The van der Waals surface area contributed by atoms with Crippen LogP contribution in [-0.2, 0) is 4.74 Å². The van der Waals surface area contributed by atoms with Crippen molar-refractivity contribution in [2.24, 2.45) is 0 Å². The third kappa shape index (κ3) is 4.23. The highest BCUT2D eigenvalue weighted by atomic mass is 19.1. The maximum atomic E-state index is 14.4. The Morgan fingerprint density at radius 3 is 2.53 bits per heavy atom. The number of nitrogens with zero attached hydrogens (tertiary/aromatic N) is 5. The first-order valence-corrected chi connectivity index (χ1v) is 9.36. The number of morpholine rings is 1. The van der Waals surface area contributed by atoms with E-state index in [1.165, 1.54) is 7.11 Å². The van der Waals surface area contributed by atoms with Crippen molar-refractivity contribution in [3.05, 3.63) is 42.3 Å². The van der Waals surface area contributed by atoms with Gasteiger partial charge in [-0.3, -0.25) is 0 Å². The second-order valence-corrected chi connectivity index (χ2v) is 6.47. The van der Waals surface area contributed by atoms with Crippen LogP contribution in [0, 0.1) is 5.82 Å². The van der Waals surface area contributed by atoms with Crippen molar-refractivity contribution >= 4 is 17.6 Å². The van der Waals surface area contributed by atoms with Crippen LogP contribution in [0.4, 0.5) is 22.0 Å². The largest absolute Gasteiger partial charge is 0.497 e. The van der Waals surface area contributed by atoms with E-state index in [1.54, 1.807) is 13.2 Å². The molecular formula is C20H21FN6O3. The zero-order chi connectivity index (χ0) is 20.9. The van der Waals surface area contributed by atoms with Crippen LogP contribution in [0.25, 0.3) is 11.1 Å². The van der Waals surface area contributed by atoms with Crippen molar-refractivity contribution in [1.29, 1.82) is 0 Å². The predicted molar refractivity (Wildman–Crippen MR) is 109 cm³/mol. The van der Waals surface area contributed by atoms with E-state index in [0.717, 1.165) is 17.5 Å². The van der Waals surface area contributed by atoms with Gasteiger partial charge in [0.1, 0.15) is 5.75 Å². The average molecular weight is 412 g/mol. The molecule has 9 nitrogen and oxygen atoms in total. The first-order valence-electron chi connectivity index (χ1n) is 9.36. The van der Waals surface area contributed by atoms with Gasteiger partial charge in [0, 0.05) is 18.7 Å². The van der Waals surface area contributed by atoms with Crippen LogP contribution in [0.5, 0.6) is 11.6 Å². The summed E-state index contributed by atoms with van der Waals surface area (Å²) >= 11 is 0. The van der Waals surface area contributed by atoms with Crippen molar-refractivity contribution < 1.29 is 18.6 Å². The van der Waals surface area contributed by atoms with E-state index in [-0.39, 0.29) is 5.82 Å². The van der Waals surface area contributed by atoms with Crippen molar-refractivity contribution in [3.8, 4) is 22.8 Å². The van der Waals surface area contributed by atoms with Crippen molar-refractivity contribution in [2.45, 2.75) is 0 Å². The standard InChI is InChI=1S/C20H21FN6O3/c1-28-14-5-3-13(4-6-14)15-11-17(25-26-19(15)29-2)23-18-16(21)12-22-20(24-18)27-7-9-30-10-8-27/h3-6,11-12H,7-10H2,1-2H3,(H,22,23,24,25). The Kier molecular flexibility index (Phi) is 5.84. The molecular weight excluding hydrogens is 391 g/mol. The van der Waals surface area contributed by atoms with Crippen LogP contribution in [0.2, 0.25) is 0 Å². The predicted octanol–water partition coefficient (Wildman–Crippen LogP) is 2.67. The Labute approximate surface area is 172 Å². The first kappa shape index (κ1) is 19.8. The second kappa shape index (κ2) is 8.87. The number of halogens is 1. The van der Waals surface area contributed by atoms with Gasteiger partial charge in [0.15, 0.2) is 17.5 Å². The SMILES string of the molecule is COc1ccc(-c2cc(Nc3nc(N4CCOCC4)ncc3F)nnc2OC)cc1. The molecule has 1 aromatic carbocycles. The fourth-order valence-corrected chi connectivity index (χ4v) is 3.05. The molecule has 0 unspecified atom stereocenters. The van der Waals surface area contributed by atoms with Crippen molar-refractivity contribution in [1.82, 2.24) is 20.2 Å². The molecule has 0 bridgehead atoms. The molecule has 1 saturated heterocycles. The molecule has 1 fully saturated rings. The highest BCUT2D eigenvalue weighted by Crippen LogP contribution is 2.31. The summed E-state index contributed by atoms with van der Waals surface area (Å²) in [5, 5.41) is 11.1. The monoisotopic (exact) mass is 412 g/mol. The van der Waals surface area contributed by atoms with Gasteiger partial charge in [0.2, 0.25) is 11.8 Å². The lowest BCUT2D eigenvalue weighted by molar-refractivity contribution is 0.122. The van der Waals surface area contributed by atoms with Crippen LogP contribution in [-0.4, -0.2) is 60.7 Å². The Morgan fingerprint density at radius 1 is 1.07 bits per heavy atom. The number of anilines is 3. The summed E-state index contributed by atoms with van der Waals surface area (Å²) in [5.41, 5.74) is 1.54. The number of methoxy groups -OCH3 is 2. The number of benzene rings is 1. The molecule has 0 atom stereocenters. The lowest BCUT2D eigenvalue weighted by Crippen LogP contribution is -2.37. The Hall–Kier alpha value is -3.53. The first-order chi connectivity index (χ1) is 14.7. The fourth-order valence-electron chi connectivity index (χ4n) is 3.05. The van der Waals surface area contributed by atoms with Crippen LogP contribution in [0.15, 0.2) is 36.5 Å². The summed E-state index contributed by atoms with van der Waals surface area (Å²) in [6.07, 6.45) is 1.14. The van der Waals surface area contributed by atoms with Gasteiger partial charge in [-0.25, -0.2) is 9.37 Å². The van der Waals surface area contributed by atoms with E-state index in [2.05, 4.69) is 25.5 Å². The summed E-state index contributed by atoms with van der Waals surface area (Å²) in [4.78, 5) is 10.3. The molecule has 3 heterocycles. The normalized spacial score (nSPS) is 13.8. The molecule has 156 valence electrons. The number of aromatic nitrogens is 4. The summed E-state index contributed by atoms with van der Waals surface area (Å²) in [5.74, 6) is 1.27. The third-order valence-electron chi connectivity index (χ3n) is 4.63. The summed E-state index contributed by atoms with van der Waals surface area (Å²) in [6.45, 7) is 2.46. The van der Waals surface area contributed by atoms with Crippen LogP contribution >= 0.6 is 0 Å². The molecule has 2 aromatic heterocycles. The van der Waals surface area contributed by atoms with Crippen LogP contribution in [0.3, 0.4) is 0 Å². The number of ether oxygens (including phenoxy) is 3. The number of hydrogen-bond donors (Lipinski definition) is 1. The molecule has 0 amide bonds. The molecule has 4 rings (SSSR count). The van der Waals surface area contributed by atoms with E-state index < -0.39 is 5.82 Å². The summed E-state index contributed by atoms with van der Waals surface area (Å²) < 4.78 is 30.2. The molecule has 0 spiro atoms. The van der Waals surface area contributed by atoms with Crippen molar-refractivity contribution in [3.63, 3.8) is 0 Å². The maximum Gasteiger partial charge on any atom is 0.241 e. The second-order valence-electron chi connectivity index (χ2n) is 6.47. The Morgan fingerprint density at radius 2 is 1.83 bits per heavy atom. The molecule has 1 aliphatic heterocycles. The molecule has 0 saturated carbocycles. The van der Waals surface area contributed by atoms with Crippen LogP contribution < -0.4 is 19.7 Å². The van der Waals surface area contributed by atoms with Gasteiger partial charge in [-0.1, -0.05) is 12.1 Å². The minimum atomic E-state index is -0.587. The quantitative estimate of drug-likeness (QED) is 0.656. The highest BCUT2D eigenvalue weighted by Gasteiger charge is 2.17. The molecule has 3 aromatic rings. The van der Waals surface area contributed by atoms with Gasteiger partial charge < -0.3 is 24.4 Å². The minimum absolute atomic E-state index is 0.0200. The van der Waals surface area contributed by atoms with E-state index in [0.29, 0.717) is 49.5 Å². The zero-order valence-electron chi connectivity index (χ0n) is 16.6. The molecule has 10 heteroatoms. The van der Waals surface area contributed by atoms with E-state index >= 15 is 0 Å². The minimum Gasteiger partial charge on any atom is -0.497 e. The third-order valence-corrected chi connectivity index (χ3v) is 4.63. The molecule has 1 aliphatic rings. The topological polar surface area (TPSA) is 94.5 Å². The van der Waals surface area contributed by atoms with Crippen molar-refractivity contribution in [2.75, 3.05) is 50.7 Å². The lowest BCUT2D eigenvalue weighted by Gasteiger charge is -2.26.